The first-order valence-corrected chi connectivity index (χ1v) is 8.71. The lowest BCUT2D eigenvalue weighted by atomic mass is 10.1. The van der Waals surface area contributed by atoms with E-state index in [-0.39, 0.29) is 0 Å². The second-order valence-corrected chi connectivity index (χ2v) is 6.26. The fourth-order valence-corrected chi connectivity index (χ4v) is 3.09. The van der Waals surface area contributed by atoms with Crippen LogP contribution in [0.15, 0.2) is 60.9 Å². The van der Waals surface area contributed by atoms with E-state index in [0.29, 0.717) is 11.9 Å². The molecular weight excluding hydrogens is 310 g/mol. The quantitative estimate of drug-likeness (QED) is 0.767. The van der Waals surface area contributed by atoms with Crippen LogP contribution in [-0.4, -0.2) is 34.1 Å². The number of rotatable bonds is 4. The van der Waals surface area contributed by atoms with Crippen LogP contribution in [0.3, 0.4) is 0 Å². The molecular formula is C20H21N5. The average molecular weight is 331 g/mol. The van der Waals surface area contributed by atoms with E-state index in [1.165, 1.54) is 6.42 Å². The summed E-state index contributed by atoms with van der Waals surface area (Å²) in [4.78, 5) is 13.7. The average Bonchev–Trinajstić information content (AvgIpc) is 2.70. The maximum Gasteiger partial charge on any atom is 0.163 e. The molecule has 0 saturated carbocycles. The van der Waals surface area contributed by atoms with Gasteiger partial charge in [0.05, 0.1) is 5.69 Å². The standard InChI is InChI=1S/C20H21N5/c1-2-6-15(7-3-1)18-12-19(23-17-9-5-11-22-14-17)25-20(24-18)16-8-4-10-21-13-16/h1-4,6-8,10,12-13,17,22H,5,9,11,14H2,(H,23,24,25). The van der Waals surface area contributed by atoms with E-state index in [9.17, 15) is 0 Å². The van der Waals surface area contributed by atoms with Gasteiger partial charge in [-0.1, -0.05) is 30.3 Å². The minimum atomic E-state index is 0.397. The molecule has 1 saturated heterocycles. The number of nitrogens with zero attached hydrogens (tertiary/aromatic N) is 3. The molecule has 0 aliphatic carbocycles. The summed E-state index contributed by atoms with van der Waals surface area (Å²) in [6, 6.07) is 16.5. The summed E-state index contributed by atoms with van der Waals surface area (Å²) in [6.45, 7) is 2.06. The van der Waals surface area contributed by atoms with Crippen molar-refractivity contribution in [3.05, 3.63) is 60.9 Å². The van der Waals surface area contributed by atoms with Crippen molar-refractivity contribution in [1.29, 1.82) is 0 Å². The number of hydrogen-bond acceptors (Lipinski definition) is 5. The van der Waals surface area contributed by atoms with Crippen LogP contribution in [-0.2, 0) is 0 Å². The lowest BCUT2D eigenvalue weighted by Gasteiger charge is -2.24. The monoisotopic (exact) mass is 331 g/mol. The number of benzene rings is 1. The van der Waals surface area contributed by atoms with Gasteiger partial charge in [-0.15, -0.1) is 0 Å². The smallest absolute Gasteiger partial charge is 0.163 e. The van der Waals surface area contributed by atoms with Gasteiger partial charge in [-0.2, -0.15) is 0 Å². The van der Waals surface area contributed by atoms with Crippen LogP contribution in [0.2, 0.25) is 0 Å². The third-order valence-corrected chi connectivity index (χ3v) is 4.36. The molecule has 4 rings (SSSR count). The Morgan fingerprint density at radius 3 is 2.64 bits per heavy atom. The minimum absolute atomic E-state index is 0.397. The van der Waals surface area contributed by atoms with E-state index in [2.05, 4.69) is 27.8 Å². The van der Waals surface area contributed by atoms with Crippen molar-refractivity contribution in [2.45, 2.75) is 18.9 Å². The van der Waals surface area contributed by atoms with Gasteiger partial charge in [0, 0.05) is 42.2 Å². The Bertz CT molecular complexity index is 756. The third-order valence-electron chi connectivity index (χ3n) is 4.36. The molecule has 0 spiro atoms. The minimum Gasteiger partial charge on any atom is -0.366 e. The van der Waals surface area contributed by atoms with Crippen molar-refractivity contribution in [1.82, 2.24) is 20.3 Å². The Morgan fingerprint density at radius 2 is 1.88 bits per heavy atom. The van der Waals surface area contributed by atoms with E-state index in [1.54, 1.807) is 12.4 Å². The zero-order valence-corrected chi connectivity index (χ0v) is 14.0. The summed E-state index contributed by atoms with van der Waals surface area (Å²) in [5.74, 6) is 1.56. The highest BCUT2D eigenvalue weighted by Gasteiger charge is 2.15. The number of anilines is 1. The van der Waals surface area contributed by atoms with E-state index in [1.807, 2.05) is 36.4 Å². The predicted octanol–water partition coefficient (Wildman–Crippen LogP) is 3.37. The normalized spacial score (nSPS) is 17.2. The fraction of sp³-hybridized carbons (Fsp3) is 0.250. The second-order valence-electron chi connectivity index (χ2n) is 6.26. The van der Waals surface area contributed by atoms with E-state index < -0.39 is 0 Å². The van der Waals surface area contributed by atoms with Gasteiger partial charge in [-0.25, -0.2) is 9.97 Å². The highest BCUT2D eigenvalue weighted by Crippen LogP contribution is 2.24. The summed E-state index contributed by atoms with van der Waals surface area (Å²) >= 11 is 0. The van der Waals surface area contributed by atoms with E-state index in [0.717, 1.165) is 42.1 Å². The second kappa shape index (κ2) is 7.40. The Kier molecular flexibility index (Phi) is 4.65. The van der Waals surface area contributed by atoms with Gasteiger partial charge in [0.2, 0.25) is 0 Å². The summed E-state index contributed by atoms with van der Waals surface area (Å²) in [5, 5.41) is 7.00. The van der Waals surface area contributed by atoms with Crippen molar-refractivity contribution in [3.8, 4) is 22.6 Å². The molecule has 1 atom stereocenters. The Hall–Kier alpha value is -2.79. The first-order valence-electron chi connectivity index (χ1n) is 8.71. The SMILES string of the molecule is c1ccc(-c2cc(NC3CCCNC3)nc(-c3cccnc3)n2)cc1. The van der Waals surface area contributed by atoms with Gasteiger partial charge in [-0.3, -0.25) is 4.98 Å². The van der Waals surface area contributed by atoms with Crippen LogP contribution in [0, 0.1) is 0 Å². The van der Waals surface area contributed by atoms with Crippen LogP contribution in [0.5, 0.6) is 0 Å². The number of piperidine rings is 1. The van der Waals surface area contributed by atoms with Crippen LogP contribution >= 0.6 is 0 Å². The molecule has 126 valence electrons. The number of pyridine rings is 1. The van der Waals surface area contributed by atoms with Crippen molar-refractivity contribution < 1.29 is 0 Å². The number of aromatic nitrogens is 3. The lowest BCUT2D eigenvalue weighted by Crippen LogP contribution is -2.38. The number of hydrogen-bond donors (Lipinski definition) is 2. The zero-order chi connectivity index (χ0) is 16.9. The first-order chi connectivity index (χ1) is 12.4. The zero-order valence-electron chi connectivity index (χ0n) is 14.0. The van der Waals surface area contributed by atoms with E-state index >= 15 is 0 Å². The Morgan fingerprint density at radius 1 is 1.00 bits per heavy atom. The highest BCUT2D eigenvalue weighted by molar-refractivity contribution is 5.67. The molecule has 1 aliphatic rings. The molecule has 2 N–H and O–H groups in total. The topological polar surface area (TPSA) is 62.7 Å². The molecule has 1 aliphatic heterocycles. The maximum absolute atomic E-state index is 4.76. The van der Waals surface area contributed by atoms with Gasteiger partial charge >= 0.3 is 0 Å². The van der Waals surface area contributed by atoms with Crippen molar-refractivity contribution in [2.24, 2.45) is 0 Å². The Balaban J connectivity index is 1.72. The molecule has 2 aromatic heterocycles. The van der Waals surface area contributed by atoms with Crippen molar-refractivity contribution in [2.75, 3.05) is 18.4 Å². The summed E-state index contributed by atoms with van der Waals surface area (Å²) < 4.78 is 0. The van der Waals surface area contributed by atoms with Gasteiger partial charge in [-0.05, 0) is 31.5 Å². The van der Waals surface area contributed by atoms with Crippen LogP contribution in [0.25, 0.3) is 22.6 Å². The van der Waals surface area contributed by atoms with Crippen LogP contribution < -0.4 is 10.6 Å². The first kappa shape index (κ1) is 15.7. The van der Waals surface area contributed by atoms with Crippen molar-refractivity contribution in [3.63, 3.8) is 0 Å². The molecule has 25 heavy (non-hydrogen) atoms. The summed E-state index contributed by atoms with van der Waals surface area (Å²) in [7, 11) is 0. The molecule has 0 bridgehead atoms. The number of nitrogens with one attached hydrogen (secondary N) is 2. The van der Waals surface area contributed by atoms with Crippen LogP contribution in [0.4, 0.5) is 5.82 Å². The molecule has 3 heterocycles. The maximum atomic E-state index is 4.76. The molecule has 1 aromatic carbocycles. The highest BCUT2D eigenvalue weighted by atomic mass is 15.1. The predicted molar refractivity (Wildman–Crippen MR) is 100 cm³/mol. The summed E-state index contributed by atoms with van der Waals surface area (Å²) in [6.07, 6.45) is 5.90. The van der Waals surface area contributed by atoms with Gasteiger partial charge < -0.3 is 10.6 Å². The Labute approximate surface area is 147 Å². The molecule has 1 unspecified atom stereocenters. The molecule has 5 heteroatoms. The lowest BCUT2D eigenvalue weighted by molar-refractivity contribution is 0.479. The van der Waals surface area contributed by atoms with Gasteiger partial charge in [0.1, 0.15) is 5.82 Å². The molecule has 1 fully saturated rings. The van der Waals surface area contributed by atoms with Gasteiger partial charge in [0.25, 0.3) is 0 Å². The van der Waals surface area contributed by atoms with Gasteiger partial charge in [0.15, 0.2) is 5.82 Å². The van der Waals surface area contributed by atoms with Crippen LogP contribution in [0.1, 0.15) is 12.8 Å². The largest absolute Gasteiger partial charge is 0.366 e. The third kappa shape index (κ3) is 3.83. The molecule has 0 radical (unpaired) electrons. The summed E-state index contributed by atoms with van der Waals surface area (Å²) in [5.41, 5.74) is 2.92. The molecule has 3 aromatic rings. The van der Waals surface area contributed by atoms with Crippen molar-refractivity contribution >= 4 is 5.82 Å². The molecule has 0 amide bonds. The fourth-order valence-electron chi connectivity index (χ4n) is 3.09. The van der Waals surface area contributed by atoms with E-state index in [4.69, 9.17) is 9.97 Å². The molecule has 5 nitrogen and oxygen atoms in total.